The predicted molar refractivity (Wildman–Crippen MR) is 137 cm³/mol. The Balaban J connectivity index is 1.38. The summed E-state index contributed by atoms with van der Waals surface area (Å²) in [6.45, 7) is 11.5. The summed E-state index contributed by atoms with van der Waals surface area (Å²) in [5.74, 6) is 1.54. The van der Waals surface area contributed by atoms with Crippen LogP contribution in [0.25, 0.3) is 11.2 Å². The number of rotatable bonds is 6. The van der Waals surface area contributed by atoms with Crippen molar-refractivity contribution in [1.29, 1.82) is 0 Å². The normalized spacial score (nSPS) is 17.8. The molecule has 0 bridgehead atoms. The zero-order valence-electron chi connectivity index (χ0n) is 20.7. The minimum atomic E-state index is -0.0936. The minimum Gasteiger partial charge on any atom is -0.379 e. The summed E-state index contributed by atoms with van der Waals surface area (Å²) < 4.78 is 7.75. The van der Waals surface area contributed by atoms with Gasteiger partial charge in [0.15, 0.2) is 17.0 Å². The van der Waals surface area contributed by atoms with Gasteiger partial charge in [-0.05, 0) is 51.0 Å². The first-order chi connectivity index (χ1) is 17.0. The van der Waals surface area contributed by atoms with Gasteiger partial charge in [0.1, 0.15) is 6.33 Å². The van der Waals surface area contributed by atoms with Crippen molar-refractivity contribution < 1.29 is 9.53 Å². The van der Waals surface area contributed by atoms with Crippen LogP contribution in [-0.4, -0.2) is 75.8 Å². The number of hydrogen-bond donors (Lipinski definition) is 2. The molecule has 10 heteroatoms. The average Bonchev–Trinajstić information content (AvgIpc) is 3.27. The summed E-state index contributed by atoms with van der Waals surface area (Å²) in [6, 6.07) is 8.38. The van der Waals surface area contributed by atoms with Crippen LogP contribution in [0.15, 0.2) is 30.6 Å². The van der Waals surface area contributed by atoms with Gasteiger partial charge in [-0.1, -0.05) is 0 Å². The first-order valence-corrected chi connectivity index (χ1v) is 12.4. The molecule has 2 N–H and O–H groups in total. The van der Waals surface area contributed by atoms with E-state index in [4.69, 9.17) is 9.72 Å². The molecule has 2 saturated heterocycles. The van der Waals surface area contributed by atoms with Crippen molar-refractivity contribution in [1.82, 2.24) is 24.4 Å². The van der Waals surface area contributed by atoms with Gasteiger partial charge in [0.2, 0.25) is 11.9 Å². The Hall–Kier alpha value is -3.24. The number of hydrogen-bond acceptors (Lipinski definition) is 8. The van der Waals surface area contributed by atoms with Gasteiger partial charge in [0.25, 0.3) is 0 Å². The van der Waals surface area contributed by atoms with E-state index in [1.807, 2.05) is 24.3 Å². The molecule has 4 heterocycles. The zero-order valence-corrected chi connectivity index (χ0v) is 20.7. The Morgan fingerprint density at radius 3 is 2.37 bits per heavy atom. The highest BCUT2D eigenvalue weighted by Gasteiger charge is 2.29. The fraction of sp³-hybridized carbons (Fsp3) is 0.520. The van der Waals surface area contributed by atoms with E-state index in [0.717, 1.165) is 80.7 Å². The summed E-state index contributed by atoms with van der Waals surface area (Å²) in [4.78, 5) is 30.4. The van der Waals surface area contributed by atoms with Gasteiger partial charge in [-0.25, -0.2) is 15.0 Å². The number of anilines is 4. The van der Waals surface area contributed by atoms with Crippen LogP contribution in [0, 0.1) is 0 Å². The van der Waals surface area contributed by atoms with E-state index in [2.05, 4.69) is 48.8 Å². The van der Waals surface area contributed by atoms with Crippen molar-refractivity contribution in [2.24, 2.45) is 0 Å². The molecule has 1 aromatic carbocycles. The van der Waals surface area contributed by atoms with Crippen LogP contribution in [0.2, 0.25) is 0 Å². The molecule has 35 heavy (non-hydrogen) atoms. The summed E-state index contributed by atoms with van der Waals surface area (Å²) in [5, 5.41) is 6.17. The van der Waals surface area contributed by atoms with Gasteiger partial charge in [0.05, 0.1) is 13.2 Å². The highest BCUT2D eigenvalue weighted by atomic mass is 16.5. The van der Waals surface area contributed by atoms with Crippen LogP contribution in [0.1, 0.15) is 39.7 Å². The van der Waals surface area contributed by atoms with Gasteiger partial charge < -0.3 is 20.3 Å². The van der Waals surface area contributed by atoms with Crippen molar-refractivity contribution in [3.8, 4) is 0 Å². The lowest BCUT2D eigenvalue weighted by Crippen LogP contribution is -2.49. The monoisotopic (exact) mass is 478 g/mol. The zero-order chi connectivity index (χ0) is 24.4. The van der Waals surface area contributed by atoms with E-state index in [1.165, 1.54) is 6.92 Å². The quantitative estimate of drug-likeness (QED) is 0.556. The first-order valence-electron chi connectivity index (χ1n) is 12.4. The number of morpholine rings is 1. The third kappa shape index (κ3) is 5.08. The predicted octanol–water partition coefficient (Wildman–Crippen LogP) is 3.41. The molecule has 2 aromatic heterocycles. The van der Waals surface area contributed by atoms with E-state index in [-0.39, 0.29) is 11.9 Å². The third-order valence-corrected chi connectivity index (χ3v) is 6.75. The minimum absolute atomic E-state index is 0.0936. The number of ether oxygens (including phenoxy) is 1. The van der Waals surface area contributed by atoms with Crippen molar-refractivity contribution >= 4 is 40.2 Å². The molecule has 0 atom stereocenters. The molecule has 3 aromatic rings. The van der Waals surface area contributed by atoms with E-state index >= 15 is 0 Å². The number of piperidine rings is 1. The summed E-state index contributed by atoms with van der Waals surface area (Å²) in [7, 11) is 0. The third-order valence-electron chi connectivity index (χ3n) is 6.75. The van der Waals surface area contributed by atoms with Gasteiger partial charge in [-0.15, -0.1) is 0 Å². The number of fused-ring (bicyclic) bond motifs is 1. The van der Waals surface area contributed by atoms with Gasteiger partial charge in [0, 0.05) is 56.6 Å². The van der Waals surface area contributed by atoms with Gasteiger partial charge in [-0.2, -0.15) is 0 Å². The number of nitrogens with zero attached hydrogens (tertiary/aromatic N) is 6. The highest BCUT2D eigenvalue weighted by molar-refractivity contribution is 5.90. The first kappa shape index (κ1) is 23.5. The van der Waals surface area contributed by atoms with Crippen LogP contribution in [0.3, 0.4) is 0 Å². The maximum absolute atomic E-state index is 11.3. The number of imidazole rings is 1. The standard InChI is InChI=1S/C25H34N8O2/c1-17(2)33-24-22(23(26-16-27-24)29-20-6-4-19(5-7-20)28-18(3)34)30-25(33)32-10-8-21(9-11-32)31-12-14-35-15-13-31/h4-7,16-17,21H,8-15H2,1-3H3,(H,28,34)(H,26,27,29). The van der Waals surface area contributed by atoms with Crippen LogP contribution in [0.4, 0.5) is 23.1 Å². The molecule has 2 aliphatic heterocycles. The smallest absolute Gasteiger partial charge is 0.221 e. The number of carbonyl (C=O) groups excluding carboxylic acids is 1. The van der Waals surface area contributed by atoms with Crippen LogP contribution in [-0.2, 0) is 9.53 Å². The van der Waals surface area contributed by atoms with E-state index in [0.29, 0.717) is 11.9 Å². The molecule has 0 saturated carbocycles. The Bertz CT molecular complexity index is 1160. The fourth-order valence-electron chi connectivity index (χ4n) is 5.04. The Morgan fingerprint density at radius 1 is 1.03 bits per heavy atom. The molecular weight excluding hydrogens is 444 g/mol. The van der Waals surface area contributed by atoms with E-state index < -0.39 is 0 Å². The van der Waals surface area contributed by atoms with Crippen molar-refractivity contribution in [2.45, 2.75) is 45.7 Å². The summed E-state index contributed by atoms with van der Waals surface area (Å²) in [6.07, 6.45) is 3.84. The molecule has 0 aliphatic carbocycles. The van der Waals surface area contributed by atoms with Crippen LogP contribution < -0.4 is 15.5 Å². The van der Waals surface area contributed by atoms with Crippen molar-refractivity contribution in [3.63, 3.8) is 0 Å². The second kappa shape index (κ2) is 10.2. The highest BCUT2D eigenvalue weighted by Crippen LogP contribution is 2.32. The summed E-state index contributed by atoms with van der Waals surface area (Å²) >= 11 is 0. The van der Waals surface area contributed by atoms with Crippen LogP contribution >= 0.6 is 0 Å². The second-order valence-corrected chi connectivity index (χ2v) is 9.52. The molecule has 0 spiro atoms. The largest absolute Gasteiger partial charge is 0.379 e. The lowest BCUT2D eigenvalue weighted by Gasteiger charge is -2.40. The SMILES string of the molecule is CC(=O)Nc1ccc(Nc2ncnc3c2nc(N2CCC(N4CCOCC4)CC2)n3C(C)C)cc1. The molecular formula is C25H34N8O2. The number of carbonyl (C=O) groups is 1. The molecule has 10 nitrogen and oxygen atoms in total. The maximum Gasteiger partial charge on any atom is 0.221 e. The molecule has 186 valence electrons. The molecule has 5 rings (SSSR count). The number of amides is 1. The van der Waals surface area contributed by atoms with Crippen molar-refractivity contribution in [3.05, 3.63) is 30.6 Å². The number of nitrogens with one attached hydrogen (secondary N) is 2. The number of aromatic nitrogens is 4. The average molecular weight is 479 g/mol. The summed E-state index contributed by atoms with van der Waals surface area (Å²) in [5.41, 5.74) is 3.21. The maximum atomic E-state index is 11.3. The van der Waals surface area contributed by atoms with Gasteiger partial charge in [-0.3, -0.25) is 14.3 Å². The van der Waals surface area contributed by atoms with Crippen LogP contribution in [0.5, 0.6) is 0 Å². The van der Waals surface area contributed by atoms with E-state index in [9.17, 15) is 4.79 Å². The fourth-order valence-corrected chi connectivity index (χ4v) is 5.04. The lowest BCUT2D eigenvalue weighted by molar-refractivity contribution is -0.114. The lowest BCUT2D eigenvalue weighted by atomic mass is 10.0. The molecule has 2 fully saturated rings. The Kier molecular flexibility index (Phi) is 6.83. The molecule has 0 unspecified atom stereocenters. The molecule has 1 amide bonds. The van der Waals surface area contributed by atoms with E-state index in [1.54, 1.807) is 6.33 Å². The number of benzene rings is 1. The second-order valence-electron chi connectivity index (χ2n) is 9.52. The molecule has 0 radical (unpaired) electrons. The Labute approximate surface area is 205 Å². The topological polar surface area (TPSA) is 100 Å². The van der Waals surface area contributed by atoms with Crippen molar-refractivity contribution in [2.75, 3.05) is 54.9 Å². The molecule has 2 aliphatic rings. The van der Waals surface area contributed by atoms with Gasteiger partial charge >= 0.3 is 0 Å². The Morgan fingerprint density at radius 2 is 1.71 bits per heavy atom.